The van der Waals surface area contributed by atoms with Crippen LogP contribution >= 0.6 is 11.6 Å². The van der Waals surface area contributed by atoms with Crippen LogP contribution in [0.3, 0.4) is 0 Å². The molecule has 46 heavy (non-hydrogen) atoms. The molecule has 0 aromatic heterocycles. The number of hydrogen-bond acceptors (Lipinski definition) is 8. The van der Waals surface area contributed by atoms with Crippen LogP contribution in [0.1, 0.15) is 44.1 Å². The fourth-order valence-corrected chi connectivity index (χ4v) is 7.91. The number of ether oxygens (including phenoxy) is 1. The number of rotatable bonds is 13. The van der Waals surface area contributed by atoms with Crippen LogP contribution in [-0.2, 0) is 11.2 Å². The summed E-state index contributed by atoms with van der Waals surface area (Å²) >= 11 is 6.27. The highest BCUT2D eigenvalue weighted by atomic mass is 35.5. The van der Waals surface area contributed by atoms with Gasteiger partial charge in [0.2, 0.25) is 5.91 Å². The summed E-state index contributed by atoms with van der Waals surface area (Å²) in [5.41, 5.74) is 0.371. The first-order valence-electron chi connectivity index (χ1n) is 16.9. The van der Waals surface area contributed by atoms with E-state index < -0.39 is 24.6 Å². The van der Waals surface area contributed by atoms with Crippen LogP contribution in [0.4, 0.5) is 4.39 Å². The van der Waals surface area contributed by atoms with Crippen molar-refractivity contribution < 1.29 is 33.8 Å². The van der Waals surface area contributed by atoms with E-state index in [0.717, 1.165) is 36.5 Å². The Kier molecular flexibility index (Phi) is 12.4. The van der Waals surface area contributed by atoms with Crippen LogP contribution < -0.4 is 4.74 Å². The molecule has 3 aliphatic heterocycles. The van der Waals surface area contributed by atoms with Gasteiger partial charge < -0.3 is 29.9 Å². The molecule has 1 aliphatic carbocycles. The first-order valence-corrected chi connectivity index (χ1v) is 17.2. The van der Waals surface area contributed by atoms with Crippen LogP contribution in [-0.4, -0.2) is 143 Å². The van der Waals surface area contributed by atoms with Crippen molar-refractivity contribution in [2.24, 2.45) is 17.8 Å². The lowest BCUT2D eigenvalue weighted by Crippen LogP contribution is -2.58. The average molecular weight is 665 g/mol. The van der Waals surface area contributed by atoms with Crippen LogP contribution in [0.25, 0.3) is 0 Å². The Morgan fingerprint density at radius 1 is 1.13 bits per heavy atom. The number of piperidine rings is 1. The summed E-state index contributed by atoms with van der Waals surface area (Å²) in [5, 5.41) is 29.0. The van der Waals surface area contributed by atoms with E-state index in [-0.39, 0.29) is 18.6 Å². The molecule has 12 heteroatoms. The van der Waals surface area contributed by atoms with Crippen molar-refractivity contribution >= 4 is 23.7 Å². The van der Waals surface area contributed by atoms with Gasteiger partial charge in [0.15, 0.2) is 12.8 Å². The van der Waals surface area contributed by atoms with Crippen molar-refractivity contribution in [3.8, 4) is 5.75 Å². The molecule has 3 atom stereocenters. The van der Waals surface area contributed by atoms with E-state index in [0.29, 0.717) is 62.9 Å². The molecular weight excluding hydrogens is 613 g/mol. The first kappa shape index (κ1) is 35.0. The summed E-state index contributed by atoms with van der Waals surface area (Å²) < 4.78 is 23.0. The topological polar surface area (TPSA) is 103 Å². The Morgan fingerprint density at radius 2 is 1.89 bits per heavy atom. The van der Waals surface area contributed by atoms with Gasteiger partial charge in [-0.2, -0.15) is 0 Å². The van der Waals surface area contributed by atoms with Crippen molar-refractivity contribution in [2.45, 2.75) is 63.4 Å². The van der Waals surface area contributed by atoms with Crippen molar-refractivity contribution in [1.29, 1.82) is 0 Å². The normalized spacial score (nSPS) is 26.3. The number of benzene rings is 1. The molecule has 3 heterocycles. The number of likely N-dealkylation sites (tertiary alicyclic amines) is 1. The Hall–Kier alpha value is -2.28. The molecule has 5 rings (SSSR count). The number of halogens is 2. The Morgan fingerprint density at radius 3 is 2.54 bits per heavy atom. The highest BCUT2D eigenvalue weighted by Crippen LogP contribution is 2.43. The van der Waals surface area contributed by atoms with E-state index in [9.17, 15) is 19.4 Å². The molecular formula is C34H52ClFN5O5+. The Balaban J connectivity index is 0.982. The maximum atomic E-state index is 14.9. The average Bonchev–Trinajstić information content (AvgIpc) is 3.01. The molecule has 1 saturated carbocycles. The maximum Gasteiger partial charge on any atom is 0.227 e. The van der Waals surface area contributed by atoms with Gasteiger partial charge >= 0.3 is 0 Å². The van der Waals surface area contributed by atoms with E-state index >= 15 is 0 Å². The predicted octanol–water partition coefficient (Wildman–Crippen LogP) is 2.15. The van der Waals surface area contributed by atoms with E-state index in [1.54, 1.807) is 17.0 Å². The van der Waals surface area contributed by atoms with Gasteiger partial charge in [-0.3, -0.25) is 14.6 Å². The third-order valence-corrected chi connectivity index (χ3v) is 10.6. The molecule has 1 aromatic carbocycles. The Labute approximate surface area is 277 Å². The van der Waals surface area contributed by atoms with Crippen LogP contribution in [0.15, 0.2) is 29.4 Å². The smallest absolute Gasteiger partial charge is 0.227 e. The number of carbonyl (C=O) groups excluding carboxylic acids is 1. The van der Waals surface area contributed by atoms with Crippen molar-refractivity contribution in [1.82, 2.24) is 19.6 Å². The molecule has 0 spiro atoms. The van der Waals surface area contributed by atoms with Gasteiger partial charge in [0, 0.05) is 50.4 Å². The number of aliphatic hydroxyl groups is 3. The highest BCUT2D eigenvalue weighted by Gasteiger charge is 2.39. The standard InChI is InChI=1S/C34H52ClFN5O5/c1-37-20-28(35)21-38(2)34(37)41-10-7-25(8-11-41)27-16-24(17-27)23-46-29-6-5-26(30(36)19-29)18-33(45)40-14-12-39(13-15-40)9-3-4-31(43)32(44)22-42/h5-6,12,19-20,24-25,27,31-32,34,42-44H,3-4,7-11,13-18,21-23H2,1-2H3/q+1/t24?,27?,31-,32+,34?/m0/s1. The molecule has 4 aliphatic rings. The Bertz CT molecular complexity index is 1240. The summed E-state index contributed by atoms with van der Waals surface area (Å²) in [7, 11) is 4.23. The molecule has 1 amide bonds. The molecule has 1 saturated heterocycles. The molecule has 0 radical (unpaired) electrons. The molecule has 10 nitrogen and oxygen atoms in total. The van der Waals surface area contributed by atoms with Crippen molar-refractivity contribution in [3.63, 3.8) is 0 Å². The monoisotopic (exact) mass is 664 g/mol. The first-order chi connectivity index (χ1) is 22.1. The number of nitrogens with zero attached hydrogens (tertiary/aromatic N) is 5. The third-order valence-electron chi connectivity index (χ3n) is 10.3. The molecule has 0 bridgehead atoms. The number of carbonyl (C=O) groups is 1. The summed E-state index contributed by atoms with van der Waals surface area (Å²) in [6, 6.07) is 4.84. The van der Waals surface area contributed by atoms with Gasteiger partial charge in [-0.05, 0) is 68.5 Å². The second kappa shape index (κ2) is 16.2. The number of likely N-dealkylation sites (N-methyl/N-ethyl adjacent to an activating group) is 1. The van der Waals surface area contributed by atoms with Gasteiger partial charge in [0.1, 0.15) is 30.5 Å². The van der Waals surface area contributed by atoms with E-state index in [1.807, 2.05) is 12.4 Å². The minimum absolute atomic E-state index is 0.00604. The lowest BCUT2D eigenvalue weighted by atomic mass is 9.66. The zero-order valence-electron chi connectivity index (χ0n) is 27.3. The summed E-state index contributed by atoms with van der Waals surface area (Å²) in [4.78, 5) is 21.7. The molecule has 2 fully saturated rings. The third kappa shape index (κ3) is 8.99. The van der Waals surface area contributed by atoms with E-state index in [4.69, 9.17) is 21.4 Å². The van der Waals surface area contributed by atoms with Crippen LogP contribution in [0.2, 0.25) is 0 Å². The minimum Gasteiger partial charge on any atom is -0.493 e. The number of amides is 1. The van der Waals surface area contributed by atoms with Crippen LogP contribution in [0.5, 0.6) is 5.75 Å². The van der Waals surface area contributed by atoms with Gasteiger partial charge in [-0.15, -0.1) is 0 Å². The lowest BCUT2D eigenvalue weighted by molar-refractivity contribution is -0.529. The quantitative estimate of drug-likeness (QED) is 0.276. The fourth-order valence-electron chi connectivity index (χ4n) is 7.57. The molecule has 1 unspecified atom stereocenters. The van der Waals surface area contributed by atoms with Gasteiger partial charge in [0.25, 0.3) is 0 Å². The van der Waals surface area contributed by atoms with Gasteiger partial charge in [0.05, 0.1) is 38.8 Å². The van der Waals surface area contributed by atoms with Crippen LogP contribution in [0, 0.1) is 23.6 Å². The predicted molar refractivity (Wildman–Crippen MR) is 175 cm³/mol. The summed E-state index contributed by atoms with van der Waals surface area (Å²) in [6.45, 7) is 5.47. The van der Waals surface area contributed by atoms with Gasteiger partial charge in [-0.1, -0.05) is 17.7 Å². The van der Waals surface area contributed by atoms with Gasteiger partial charge in [-0.25, -0.2) is 8.97 Å². The SMILES string of the molecule is CN1C=C(Cl)CN(C)C1N1CCC(C2CC(COc3ccc(CC(=O)N4CC=[N+](CCC[C@H](O)[C@H](O)CO)CC4)c(F)c3)C2)CC1. The summed E-state index contributed by atoms with van der Waals surface area (Å²) in [6.07, 6.45) is 8.02. The zero-order valence-corrected chi connectivity index (χ0v) is 28.1. The number of aliphatic hydroxyl groups excluding tert-OH is 3. The maximum absolute atomic E-state index is 14.9. The molecule has 3 N–H and O–H groups in total. The zero-order chi connectivity index (χ0) is 32.8. The highest BCUT2D eigenvalue weighted by molar-refractivity contribution is 6.29. The van der Waals surface area contributed by atoms with E-state index in [1.165, 1.54) is 31.7 Å². The van der Waals surface area contributed by atoms with Crippen molar-refractivity contribution in [2.75, 3.05) is 73.1 Å². The minimum atomic E-state index is -1.12. The lowest BCUT2D eigenvalue weighted by Gasteiger charge is -2.49. The second-order valence-corrected chi connectivity index (χ2v) is 14.2. The summed E-state index contributed by atoms with van der Waals surface area (Å²) in [5.74, 6) is 1.99. The van der Waals surface area contributed by atoms with Crippen molar-refractivity contribution in [3.05, 3.63) is 40.8 Å². The molecule has 256 valence electrons. The largest absolute Gasteiger partial charge is 0.493 e. The van der Waals surface area contributed by atoms with E-state index in [2.05, 4.69) is 33.4 Å². The number of hydrogen-bond donors (Lipinski definition) is 3. The fraction of sp³-hybridized carbons (Fsp3) is 0.706. The second-order valence-electron chi connectivity index (χ2n) is 13.7. The molecule has 1 aromatic rings.